The van der Waals surface area contributed by atoms with E-state index < -0.39 is 0 Å². The van der Waals surface area contributed by atoms with Crippen LogP contribution in [0, 0.1) is 0 Å². The average molecular weight is 287 g/mol. The fourth-order valence-corrected chi connectivity index (χ4v) is 1.91. The Labute approximate surface area is 124 Å². The number of hydrogen-bond acceptors (Lipinski definition) is 4. The molecule has 20 heavy (non-hydrogen) atoms. The van der Waals surface area contributed by atoms with E-state index in [2.05, 4.69) is 22.4 Å². The van der Waals surface area contributed by atoms with Crippen LogP contribution in [-0.4, -0.2) is 23.6 Å². The van der Waals surface area contributed by atoms with Crippen LogP contribution in [0.4, 0.5) is 5.69 Å². The van der Waals surface area contributed by atoms with E-state index in [0.29, 0.717) is 10.7 Å². The summed E-state index contributed by atoms with van der Waals surface area (Å²) in [4.78, 5) is 4.50. The number of benzene rings is 1. The molecule has 1 aromatic heterocycles. The molecule has 4 nitrogen and oxygen atoms in total. The highest BCUT2D eigenvalue weighted by atomic mass is 32.1. The molecule has 2 aromatic rings. The third-order valence-electron chi connectivity index (χ3n) is 2.92. The molecule has 3 N–H and O–H groups in total. The van der Waals surface area contributed by atoms with Crippen molar-refractivity contribution in [3.05, 3.63) is 53.9 Å². The Morgan fingerprint density at radius 2 is 2.00 bits per heavy atom. The van der Waals surface area contributed by atoms with Gasteiger partial charge in [-0.1, -0.05) is 24.4 Å². The zero-order valence-corrected chi connectivity index (χ0v) is 12.1. The van der Waals surface area contributed by atoms with Crippen LogP contribution in [-0.2, 0) is 6.42 Å². The summed E-state index contributed by atoms with van der Waals surface area (Å²) in [7, 11) is 1.67. The Morgan fingerprint density at radius 3 is 2.55 bits per heavy atom. The van der Waals surface area contributed by atoms with Crippen LogP contribution < -0.4 is 15.8 Å². The van der Waals surface area contributed by atoms with Crippen molar-refractivity contribution in [1.82, 2.24) is 4.98 Å². The lowest BCUT2D eigenvalue weighted by Gasteiger charge is -2.07. The minimum absolute atomic E-state index is 0.315. The van der Waals surface area contributed by atoms with Crippen LogP contribution in [0.25, 0.3) is 0 Å². The number of methoxy groups -OCH3 is 1. The molecule has 104 valence electrons. The Hall–Kier alpha value is -2.14. The normalized spacial score (nSPS) is 10.1. The van der Waals surface area contributed by atoms with Crippen molar-refractivity contribution >= 4 is 22.9 Å². The molecule has 0 unspecified atom stereocenters. The second kappa shape index (κ2) is 6.86. The molecule has 0 aliphatic carbocycles. The van der Waals surface area contributed by atoms with Crippen LogP contribution in [0.15, 0.2) is 42.6 Å². The first-order chi connectivity index (χ1) is 9.69. The number of ether oxygens (including phenoxy) is 1. The molecule has 0 amide bonds. The summed E-state index contributed by atoms with van der Waals surface area (Å²) in [6.07, 6.45) is 2.67. The first-order valence-corrected chi connectivity index (χ1v) is 6.72. The van der Waals surface area contributed by atoms with Gasteiger partial charge in [0.05, 0.1) is 24.7 Å². The topological polar surface area (TPSA) is 60.2 Å². The van der Waals surface area contributed by atoms with Crippen molar-refractivity contribution in [3.63, 3.8) is 0 Å². The van der Waals surface area contributed by atoms with Crippen molar-refractivity contribution in [2.24, 2.45) is 5.73 Å². The molecule has 0 fully saturated rings. The monoisotopic (exact) mass is 287 g/mol. The van der Waals surface area contributed by atoms with E-state index >= 15 is 0 Å². The van der Waals surface area contributed by atoms with Gasteiger partial charge in [-0.05, 0) is 36.2 Å². The quantitative estimate of drug-likeness (QED) is 0.799. The molecule has 5 heteroatoms. The number of thiocarbonyl (C=S) groups is 1. The molecule has 1 heterocycles. The molecular weight excluding hydrogens is 270 g/mol. The minimum atomic E-state index is 0.315. The smallest absolute Gasteiger partial charge is 0.122 e. The lowest BCUT2D eigenvalue weighted by molar-refractivity contribution is 0.414. The highest BCUT2D eigenvalue weighted by Gasteiger charge is 1.99. The zero-order chi connectivity index (χ0) is 14.4. The maximum Gasteiger partial charge on any atom is 0.122 e. The van der Waals surface area contributed by atoms with E-state index in [0.717, 1.165) is 24.4 Å². The second-order valence-electron chi connectivity index (χ2n) is 4.32. The predicted molar refractivity (Wildman–Crippen MR) is 85.3 cm³/mol. The van der Waals surface area contributed by atoms with Gasteiger partial charge in [0.15, 0.2) is 0 Å². The summed E-state index contributed by atoms with van der Waals surface area (Å²) >= 11 is 4.86. The van der Waals surface area contributed by atoms with Crippen molar-refractivity contribution in [1.29, 1.82) is 0 Å². The van der Waals surface area contributed by atoms with Gasteiger partial charge in [-0.15, -0.1) is 0 Å². The van der Waals surface area contributed by atoms with E-state index in [1.54, 1.807) is 13.3 Å². The lowest BCUT2D eigenvalue weighted by Crippen LogP contribution is -2.12. The average Bonchev–Trinajstić information content (AvgIpc) is 2.48. The Morgan fingerprint density at radius 1 is 1.25 bits per heavy atom. The summed E-state index contributed by atoms with van der Waals surface area (Å²) < 4.78 is 5.13. The largest absolute Gasteiger partial charge is 0.497 e. The van der Waals surface area contributed by atoms with Crippen LogP contribution in [0.1, 0.15) is 11.3 Å². The van der Waals surface area contributed by atoms with Gasteiger partial charge in [0.1, 0.15) is 10.7 Å². The minimum Gasteiger partial charge on any atom is -0.497 e. The Balaban J connectivity index is 1.84. The molecule has 0 aliphatic rings. The number of hydrogen-bond donors (Lipinski definition) is 2. The number of nitrogens with two attached hydrogens (primary N) is 1. The lowest BCUT2D eigenvalue weighted by atomic mass is 10.1. The highest BCUT2D eigenvalue weighted by molar-refractivity contribution is 7.80. The van der Waals surface area contributed by atoms with E-state index in [1.807, 2.05) is 24.3 Å². The zero-order valence-electron chi connectivity index (χ0n) is 11.3. The highest BCUT2D eigenvalue weighted by Crippen LogP contribution is 2.12. The van der Waals surface area contributed by atoms with E-state index in [1.165, 1.54) is 5.56 Å². The van der Waals surface area contributed by atoms with Crippen molar-refractivity contribution < 1.29 is 4.74 Å². The molecule has 0 atom stereocenters. The SMILES string of the molecule is COc1ccc(CCNc2ccc(C(N)=S)nc2)cc1. The molecule has 0 aliphatic heterocycles. The first-order valence-electron chi connectivity index (χ1n) is 6.31. The van der Waals surface area contributed by atoms with Gasteiger partial charge in [0, 0.05) is 6.54 Å². The van der Waals surface area contributed by atoms with Crippen LogP contribution in [0.2, 0.25) is 0 Å². The van der Waals surface area contributed by atoms with Gasteiger partial charge in [-0.2, -0.15) is 0 Å². The third kappa shape index (κ3) is 3.93. The molecule has 0 radical (unpaired) electrons. The second-order valence-corrected chi connectivity index (χ2v) is 4.76. The maximum atomic E-state index is 5.50. The molecular formula is C15H17N3OS. The third-order valence-corrected chi connectivity index (χ3v) is 3.13. The van der Waals surface area contributed by atoms with Crippen LogP contribution >= 0.6 is 12.2 Å². The first kappa shape index (κ1) is 14.3. The van der Waals surface area contributed by atoms with E-state index in [9.17, 15) is 0 Å². The summed E-state index contributed by atoms with van der Waals surface area (Å²) in [5.74, 6) is 0.874. The summed E-state index contributed by atoms with van der Waals surface area (Å²) in [6, 6.07) is 11.8. The van der Waals surface area contributed by atoms with Gasteiger partial charge >= 0.3 is 0 Å². The molecule has 0 saturated carbocycles. The summed E-state index contributed by atoms with van der Waals surface area (Å²) in [5.41, 5.74) is 8.35. The van der Waals surface area contributed by atoms with E-state index in [4.69, 9.17) is 22.7 Å². The predicted octanol–water partition coefficient (Wildman–Crippen LogP) is 2.38. The van der Waals surface area contributed by atoms with Crippen molar-refractivity contribution in [3.8, 4) is 5.75 Å². The van der Waals surface area contributed by atoms with Gasteiger partial charge in [0.2, 0.25) is 0 Å². The number of aromatic nitrogens is 1. The van der Waals surface area contributed by atoms with Crippen molar-refractivity contribution in [2.45, 2.75) is 6.42 Å². The van der Waals surface area contributed by atoms with Crippen LogP contribution in [0.5, 0.6) is 5.75 Å². The molecule has 0 spiro atoms. The summed E-state index contributed by atoms with van der Waals surface area (Å²) in [6.45, 7) is 0.834. The van der Waals surface area contributed by atoms with Gasteiger partial charge in [0.25, 0.3) is 0 Å². The molecule has 1 aromatic carbocycles. The Kier molecular flexibility index (Phi) is 4.90. The van der Waals surface area contributed by atoms with Gasteiger partial charge in [-0.25, -0.2) is 0 Å². The van der Waals surface area contributed by atoms with Crippen molar-refractivity contribution in [2.75, 3.05) is 19.0 Å². The van der Waals surface area contributed by atoms with Gasteiger partial charge in [-0.3, -0.25) is 4.98 Å². The number of anilines is 1. The fraction of sp³-hybridized carbons (Fsp3) is 0.200. The van der Waals surface area contributed by atoms with Gasteiger partial charge < -0.3 is 15.8 Å². The van der Waals surface area contributed by atoms with Crippen LogP contribution in [0.3, 0.4) is 0 Å². The number of nitrogens with zero attached hydrogens (tertiary/aromatic N) is 1. The summed E-state index contributed by atoms with van der Waals surface area (Å²) in [5, 5.41) is 3.31. The fourth-order valence-electron chi connectivity index (χ4n) is 1.79. The number of nitrogens with one attached hydrogen (secondary N) is 1. The number of pyridine rings is 1. The Bertz CT molecular complexity index is 567. The molecule has 0 saturated heterocycles. The molecule has 2 rings (SSSR count). The molecule has 0 bridgehead atoms. The van der Waals surface area contributed by atoms with E-state index in [-0.39, 0.29) is 0 Å². The number of rotatable bonds is 6. The standard InChI is InChI=1S/C15H17N3OS/c1-19-13-5-2-11(3-6-13)8-9-17-12-4-7-14(15(16)20)18-10-12/h2-7,10,17H,8-9H2,1H3,(H2,16,20). The maximum absolute atomic E-state index is 5.50.